The highest BCUT2D eigenvalue weighted by atomic mass is 35.5. The van der Waals surface area contributed by atoms with Crippen LogP contribution in [0.1, 0.15) is 25.7 Å². The predicted octanol–water partition coefficient (Wildman–Crippen LogP) is 4.00. The molecule has 1 aliphatic rings. The molecule has 0 spiro atoms. The Morgan fingerprint density at radius 1 is 1.23 bits per heavy atom. The maximum Gasteiger partial charge on any atom is 0.138 e. The second kappa shape index (κ2) is 7.13. The first-order chi connectivity index (χ1) is 12.6. The van der Waals surface area contributed by atoms with Crippen molar-refractivity contribution in [3.63, 3.8) is 0 Å². The first-order valence-electron chi connectivity index (χ1n) is 8.76. The summed E-state index contributed by atoms with van der Waals surface area (Å²) >= 11 is 6.28. The molecule has 1 saturated carbocycles. The summed E-state index contributed by atoms with van der Waals surface area (Å²) in [6, 6.07) is 6.11. The van der Waals surface area contributed by atoms with Crippen molar-refractivity contribution in [1.82, 2.24) is 15.0 Å². The number of ether oxygens (including phenoxy) is 1. The van der Waals surface area contributed by atoms with Crippen LogP contribution in [0.4, 0.5) is 5.82 Å². The number of halogens is 1. The Morgan fingerprint density at radius 2 is 2.04 bits per heavy atom. The van der Waals surface area contributed by atoms with Gasteiger partial charge in [-0.25, -0.2) is 9.97 Å². The van der Waals surface area contributed by atoms with Gasteiger partial charge in [0.15, 0.2) is 0 Å². The molecule has 26 heavy (non-hydrogen) atoms. The molecule has 0 bridgehead atoms. The van der Waals surface area contributed by atoms with E-state index in [1.54, 1.807) is 13.3 Å². The normalized spacial score (nSPS) is 20.3. The summed E-state index contributed by atoms with van der Waals surface area (Å²) in [6.07, 6.45) is 6.93. The summed E-state index contributed by atoms with van der Waals surface area (Å²) in [7, 11) is 1.63. The van der Waals surface area contributed by atoms with Crippen molar-refractivity contribution < 1.29 is 9.84 Å². The van der Waals surface area contributed by atoms with Crippen LogP contribution in [0, 0.1) is 0 Å². The average Bonchev–Trinajstić information content (AvgIpc) is 3.06. The Bertz CT molecular complexity index is 919. The number of aliphatic hydroxyl groups is 1. The molecule has 0 unspecified atom stereocenters. The third kappa shape index (κ3) is 3.48. The molecule has 6 nitrogen and oxygen atoms in total. The molecule has 136 valence electrons. The first-order valence-corrected chi connectivity index (χ1v) is 9.14. The van der Waals surface area contributed by atoms with Crippen LogP contribution in [0.15, 0.2) is 30.6 Å². The van der Waals surface area contributed by atoms with Gasteiger partial charge in [0, 0.05) is 23.2 Å². The van der Waals surface area contributed by atoms with Gasteiger partial charge in [-0.3, -0.25) is 0 Å². The molecular weight excluding hydrogens is 352 g/mol. The number of methoxy groups -OCH3 is 1. The van der Waals surface area contributed by atoms with Crippen LogP contribution >= 0.6 is 11.6 Å². The van der Waals surface area contributed by atoms with Gasteiger partial charge in [0.05, 0.1) is 19.4 Å². The molecule has 1 fully saturated rings. The van der Waals surface area contributed by atoms with Crippen molar-refractivity contribution in [2.75, 3.05) is 12.4 Å². The van der Waals surface area contributed by atoms with Crippen molar-refractivity contribution in [2.45, 2.75) is 37.8 Å². The van der Waals surface area contributed by atoms with Crippen LogP contribution in [0.5, 0.6) is 5.75 Å². The van der Waals surface area contributed by atoms with Gasteiger partial charge in [-0.05, 0) is 49.4 Å². The minimum Gasteiger partial charge on any atom is -0.495 e. The molecule has 3 aromatic rings. The number of nitrogens with one attached hydrogen (secondary N) is 2. The number of anilines is 1. The van der Waals surface area contributed by atoms with Crippen molar-refractivity contribution >= 4 is 28.5 Å². The molecule has 0 atom stereocenters. The van der Waals surface area contributed by atoms with E-state index in [4.69, 9.17) is 16.3 Å². The zero-order valence-corrected chi connectivity index (χ0v) is 15.3. The van der Waals surface area contributed by atoms with Gasteiger partial charge < -0.3 is 20.1 Å². The van der Waals surface area contributed by atoms with Crippen LogP contribution in [0.3, 0.4) is 0 Å². The Hall–Kier alpha value is -2.31. The van der Waals surface area contributed by atoms with E-state index >= 15 is 0 Å². The Balaban J connectivity index is 1.66. The standard InChI is InChI=1S/C19H21ClN4O2/c1-26-14-8-15-16(10-22-19(15)21-9-14)11-6-17(20)24-18(7-11)23-12-2-4-13(25)5-3-12/h6-10,12-13,25H,2-5H2,1H3,(H,21,22)(H,23,24)/t12-,13-. The number of fused-ring (bicyclic) bond motifs is 1. The third-order valence-corrected chi connectivity index (χ3v) is 5.09. The number of hydrogen-bond acceptors (Lipinski definition) is 5. The summed E-state index contributed by atoms with van der Waals surface area (Å²) in [5.74, 6) is 1.46. The van der Waals surface area contributed by atoms with Crippen molar-refractivity contribution in [2.24, 2.45) is 0 Å². The lowest BCUT2D eigenvalue weighted by Crippen LogP contribution is -2.28. The number of aromatic nitrogens is 3. The summed E-state index contributed by atoms with van der Waals surface area (Å²) in [5, 5.41) is 14.5. The lowest BCUT2D eigenvalue weighted by atomic mass is 9.93. The number of pyridine rings is 2. The summed E-state index contributed by atoms with van der Waals surface area (Å²) in [5.41, 5.74) is 2.76. The number of nitrogens with zero attached hydrogens (tertiary/aromatic N) is 2. The zero-order chi connectivity index (χ0) is 18.1. The van der Waals surface area contributed by atoms with Crippen LogP contribution < -0.4 is 10.1 Å². The van der Waals surface area contributed by atoms with Gasteiger partial charge in [0.2, 0.25) is 0 Å². The van der Waals surface area contributed by atoms with Gasteiger partial charge in [0.1, 0.15) is 22.4 Å². The lowest BCUT2D eigenvalue weighted by molar-refractivity contribution is 0.126. The van der Waals surface area contributed by atoms with Gasteiger partial charge in [-0.1, -0.05) is 11.6 Å². The highest BCUT2D eigenvalue weighted by molar-refractivity contribution is 6.29. The second-order valence-corrected chi connectivity index (χ2v) is 7.07. The summed E-state index contributed by atoms with van der Waals surface area (Å²) < 4.78 is 5.29. The van der Waals surface area contributed by atoms with E-state index in [0.29, 0.717) is 16.9 Å². The van der Waals surface area contributed by atoms with Crippen LogP contribution in [-0.2, 0) is 0 Å². The minimum absolute atomic E-state index is 0.176. The van der Waals surface area contributed by atoms with Crippen molar-refractivity contribution in [1.29, 1.82) is 0 Å². The lowest BCUT2D eigenvalue weighted by Gasteiger charge is -2.26. The molecular formula is C19H21ClN4O2. The molecule has 1 aliphatic carbocycles. The molecule has 3 N–H and O–H groups in total. The highest BCUT2D eigenvalue weighted by Gasteiger charge is 2.20. The Labute approximate surface area is 156 Å². The fourth-order valence-electron chi connectivity index (χ4n) is 3.49. The van der Waals surface area contributed by atoms with E-state index in [2.05, 4.69) is 20.3 Å². The largest absolute Gasteiger partial charge is 0.495 e. The van der Waals surface area contributed by atoms with Gasteiger partial charge >= 0.3 is 0 Å². The van der Waals surface area contributed by atoms with E-state index in [1.165, 1.54) is 0 Å². The average molecular weight is 373 g/mol. The fraction of sp³-hybridized carbons (Fsp3) is 0.368. The molecule has 4 rings (SSSR count). The molecule has 0 aliphatic heterocycles. The number of H-pyrrole nitrogens is 1. The Morgan fingerprint density at radius 3 is 2.81 bits per heavy atom. The van der Waals surface area contributed by atoms with E-state index in [9.17, 15) is 5.11 Å². The molecule has 3 aromatic heterocycles. The SMILES string of the molecule is COc1cnc2[nH]cc(-c3cc(Cl)nc(N[C@H]4CC[C@H](O)CC4)c3)c2c1. The Kier molecular flexibility index (Phi) is 4.70. The topological polar surface area (TPSA) is 83.1 Å². The van der Waals surface area contributed by atoms with Crippen molar-refractivity contribution in [3.8, 4) is 16.9 Å². The van der Waals surface area contributed by atoms with Crippen LogP contribution in [0.2, 0.25) is 5.15 Å². The van der Waals surface area contributed by atoms with E-state index in [1.807, 2.05) is 24.4 Å². The van der Waals surface area contributed by atoms with Crippen molar-refractivity contribution in [3.05, 3.63) is 35.7 Å². The summed E-state index contributed by atoms with van der Waals surface area (Å²) in [6.45, 7) is 0. The molecule has 7 heteroatoms. The van der Waals surface area contributed by atoms with Gasteiger partial charge in [0.25, 0.3) is 0 Å². The fourth-order valence-corrected chi connectivity index (χ4v) is 3.70. The zero-order valence-electron chi connectivity index (χ0n) is 14.5. The third-order valence-electron chi connectivity index (χ3n) is 4.90. The van der Waals surface area contributed by atoms with Gasteiger partial charge in [-0.2, -0.15) is 0 Å². The maximum atomic E-state index is 9.67. The highest BCUT2D eigenvalue weighted by Crippen LogP contribution is 2.33. The maximum absolute atomic E-state index is 9.67. The molecule has 0 amide bonds. The van der Waals surface area contributed by atoms with E-state index < -0.39 is 0 Å². The number of rotatable bonds is 4. The molecule has 0 saturated heterocycles. The number of hydrogen-bond donors (Lipinski definition) is 3. The minimum atomic E-state index is -0.176. The quantitative estimate of drug-likeness (QED) is 0.603. The number of aromatic amines is 1. The molecule has 3 heterocycles. The summed E-state index contributed by atoms with van der Waals surface area (Å²) in [4.78, 5) is 12.0. The smallest absolute Gasteiger partial charge is 0.138 e. The predicted molar refractivity (Wildman–Crippen MR) is 103 cm³/mol. The van der Waals surface area contributed by atoms with E-state index in [0.717, 1.165) is 53.7 Å². The van der Waals surface area contributed by atoms with Gasteiger partial charge in [-0.15, -0.1) is 0 Å². The molecule has 0 radical (unpaired) electrons. The number of aliphatic hydroxyl groups excluding tert-OH is 1. The van der Waals surface area contributed by atoms with Crippen LogP contribution in [-0.4, -0.2) is 39.3 Å². The van der Waals surface area contributed by atoms with E-state index in [-0.39, 0.29) is 6.10 Å². The second-order valence-electron chi connectivity index (χ2n) is 6.69. The molecule has 0 aromatic carbocycles. The first kappa shape index (κ1) is 17.1. The monoisotopic (exact) mass is 372 g/mol. The van der Waals surface area contributed by atoms with Crippen LogP contribution in [0.25, 0.3) is 22.2 Å².